The Morgan fingerprint density at radius 1 is 1.07 bits per heavy atom. The molecule has 2 heterocycles. The van der Waals surface area contributed by atoms with Crippen molar-refractivity contribution in [2.45, 2.75) is 70.0 Å². The maximum atomic E-state index is 11.6. The van der Waals surface area contributed by atoms with E-state index in [-0.39, 0.29) is 0 Å². The van der Waals surface area contributed by atoms with Crippen molar-refractivity contribution in [2.75, 3.05) is 0 Å². The molecule has 3 fully saturated rings. The van der Waals surface area contributed by atoms with E-state index in [2.05, 4.69) is 18.7 Å². The molecule has 2 atom stereocenters. The molecule has 1 saturated carbocycles. The van der Waals surface area contributed by atoms with Gasteiger partial charge in [-0.25, -0.2) is 0 Å². The molecule has 0 spiro atoms. The predicted octanol–water partition coefficient (Wildman–Crippen LogP) is 2.37. The summed E-state index contributed by atoms with van der Waals surface area (Å²) in [5.41, 5.74) is 0.354. The molecule has 2 saturated heterocycles. The lowest BCUT2D eigenvalue weighted by Crippen LogP contribution is -2.55. The van der Waals surface area contributed by atoms with Gasteiger partial charge in [0.05, 0.1) is 0 Å². The Hall–Kier alpha value is -0.370. The molecule has 1 aliphatic carbocycles. The van der Waals surface area contributed by atoms with Crippen LogP contribution in [0.4, 0.5) is 0 Å². The monoisotopic (exact) mass is 207 g/mol. The van der Waals surface area contributed by atoms with Crippen LogP contribution < -0.4 is 0 Å². The van der Waals surface area contributed by atoms with Crippen molar-refractivity contribution in [3.05, 3.63) is 0 Å². The lowest BCUT2D eigenvalue weighted by Gasteiger charge is -2.46. The molecule has 2 heteroatoms. The van der Waals surface area contributed by atoms with Gasteiger partial charge in [0.1, 0.15) is 5.78 Å². The summed E-state index contributed by atoms with van der Waals surface area (Å²) < 4.78 is 0. The third kappa shape index (κ3) is 1.45. The summed E-state index contributed by atoms with van der Waals surface area (Å²) in [6.45, 7) is 4.79. The number of fused-ring (bicyclic) bond motifs is 2. The van der Waals surface area contributed by atoms with E-state index < -0.39 is 0 Å². The molecule has 0 aromatic carbocycles. The summed E-state index contributed by atoms with van der Waals surface area (Å²) in [6.07, 6.45) is 6.96. The minimum atomic E-state index is 0.354. The largest absolute Gasteiger partial charge is 0.300 e. The maximum absolute atomic E-state index is 11.6. The molecule has 2 aliphatic heterocycles. The van der Waals surface area contributed by atoms with E-state index in [1.807, 2.05) is 0 Å². The lowest BCUT2D eigenvalue weighted by molar-refractivity contribution is -0.126. The number of ketones is 1. The Morgan fingerprint density at radius 2 is 1.60 bits per heavy atom. The third-order valence-electron chi connectivity index (χ3n) is 4.79. The quantitative estimate of drug-likeness (QED) is 0.693. The molecule has 15 heavy (non-hydrogen) atoms. The molecular weight excluding hydrogens is 186 g/mol. The molecule has 0 aromatic rings. The number of Topliss-reactive ketones (excluding diaryl/α,β-unsaturated/α-hetero) is 1. The number of piperidine rings is 1. The average Bonchev–Trinajstić information content (AvgIpc) is 2.93. The minimum Gasteiger partial charge on any atom is -0.300 e. The number of hydrogen-bond donors (Lipinski definition) is 0. The summed E-state index contributed by atoms with van der Waals surface area (Å²) >= 11 is 0. The fraction of sp³-hybridized carbons (Fsp3) is 0.923. The molecule has 2 unspecified atom stereocenters. The van der Waals surface area contributed by atoms with Gasteiger partial charge in [-0.3, -0.25) is 9.69 Å². The highest BCUT2D eigenvalue weighted by Crippen LogP contribution is 2.49. The van der Waals surface area contributed by atoms with Crippen LogP contribution in [0.15, 0.2) is 0 Å². The summed E-state index contributed by atoms with van der Waals surface area (Å²) in [5, 5.41) is 0. The Kier molecular flexibility index (Phi) is 2.01. The van der Waals surface area contributed by atoms with E-state index in [0.717, 1.165) is 18.8 Å². The number of nitrogens with zero attached hydrogens (tertiary/aromatic N) is 1. The molecule has 0 aromatic heterocycles. The number of rotatable bonds is 2. The van der Waals surface area contributed by atoms with Gasteiger partial charge in [0.2, 0.25) is 0 Å². The van der Waals surface area contributed by atoms with Gasteiger partial charge in [0, 0.05) is 30.5 Å². The van der Waals surface area contributed by atoms with Gasteiger partial charge in [-0.15, -0.1) is 0 Å². The zero-order valence-corrected chi connectivity index (χ0v) is 9.83. The van der Waals surface area contributed by atoms with Crippen molar-refractivity contribution in [1.82, 2.24) is 4.90 Å². The van der Waals surface area contributed by atoms with E-state index in [1.54, 1.807) is 0 Å². The molecular formula is C13H21NO. The van der Waals surface area contributed by atoms with Crippen molar-refractivity contribution in [3.8, 4) is 0 Å². The zero-order valence-electron chi connectivity index (χ0n) is 9.83. The standard InChI is InChI=1S/C13H21NO/c1-13(2,9-3-4-9)14-10-5-6-11(14)8-12(15)7-10/h9-11H,3-8H2,1-2H3. The van der Waals surface area contributed by atoms with Gasteiger partial charge in [-0.1, -0.05) is 0 Å². The molecule has 84 valence electrons. The second-order valence-electron chi connectivity index (χ2n) is 6.17. The molecule has 0 amide bonds. The van der Waals surface area contributed by atoms with E-state index in [9.17, 15) is 4.79 Å². The van der Waals surface area contributed by atoms with Gasteiger partial charge in [0.15, 0.2) is 0 Å². The summed E-state index contributed by atoms with van der Waals surface area (Å²) in [7, 11) is 0. The fourth-order valence-electron chi connectivity index (χ4n) is 3.91. The van der Waals surface area contributed by atoms with Crippen LogP contribution >= 0.6 is 0 Å². The molecule has 0 radical (unpaired) electrons. The zero-order chi connectivity index (χ0) is 10.6. The van der Waals surface area contributed by atoms with Gasteiger partial charge in [0.25, 0.3) is 0 Å². The van der Waals surface area contributed by atoms with Crippen molar-refractivity contribution in [3.63, 3.8) is 0 Å². The van der Waals surface area contributed by atoms with Crippen LogP contribution in [0.5, 0.6) is 0 Å². The van der Waals surface area contributed by atoms with Crippen LogP contribution in [0.3, 0.4) is 0 Å². The highest BCUT2D eigenvalue weighted by atomic mass is 16.1. The van der Waals surface area contributed by atoms with E-state index in [0.29, 0.717) is 23.4 Å². The van der Waals surface area contributed by atoms with Crippen LogP contribution in [-0.2, 0) is 4.79 Å². The summed E-state index contributed by atoms with van der Waals surface area (Å²) in [4.78, 5) is 14.3. The molecule has 3 rings (SSSR count). The topological polar surface area (TPSA) is 20.3 Å². The van der Waals surface area contributed by atoms with Crippen LogP contribution in [0.1, 0.15) is 52.4 Å². The fourth-order valence-corrected chi connectivity index (χ4v) is 3.91. The van der Waals surface area contributed by atoms with Crippen LogP contribution in [0, 0.1) is 5.92 Å². The third-order valence-corrected chi connectivity index (χ3v) is 4.79. The normalized spacial score (nSPS) is 37.3. The first-order chi connectivity index (χ1) is 7.09. The molecule has 3 aliphatic rings. The SMILES string of the molecule is CC(C)(C1CC1)N1C2CCC1CC(=O)C2. The first kappa shape index (κ1) is 9.83. The van der Waals surface area contributed by atoms with Gasteiger partial charge >= 0.3 is 0 Å². The second kappa shape index (κ2) is 3.07. The molecule has 2 bridgehead atoms. The van der Waals surface area contributed by atoms with Gasteiger partial charge in [-0.05, 0) is 45.4 Å². The number of hydrogen-bond acceptors (Lipinski definition) is 2. The van der Waals surface area contributed by atoms with Gasteiger partial charge in [-0.2, -0.15) is 0 Å². The predicted molar refractivity (Wildman–Crippen MR) is 59.7 cm³/mol. The van der Waals surface area contributed by atoms with Crippen molar-refractivity contribution < 1.29 is 4.79 Å². The number of carbonyl (C=O) groups excluding carboxylic acids is 1. The van der Waals surface area contributed by atoms with Crippen LogP contribution in [-0.4, -0.2) is 28.3 Å². The number of carbonyl (C=O) groups is 1. The Bertz CT molecular complexity index is 277. The van der Waals surface area contributed by atoms with E-state index in [4.69, 9.17) is 0 Å². The molecule has 0 N–H and O–H groups in total. The van der Waals surface area contributed by atoms with Crippen molar-refractivity contribution >= 4 is 5.78 Å². The maximum Gasteiger partial charge on any atom is 0.136 e. The Labute approximate surface area is 92.0 Å². The van der Waals surface area contributed by atoms with E-state index >= 15 is 0 Å². The minimum absolute atomic E-state index is 0.354. The first-order valence-electron chi connectivity index (χ1n) is 6.39. The van der Waals surface area contributed by atoms with Crippen molar-refractivity contribution in [1.29, 1.82) is 0 Å². The first-order valence-corrected chi connectivity index (χ1v) is 6.39. The van der Waals surface area contributed by atoms with Crippen LogP contribution in [0.2, 0.25) is 0 Å². The smallest absolute Gasteiger partial charge is 0.136 e. The lowest BCUT2D eigenvalue weighted by atomic mass is 9.89. The average molecular weight is 207 g/mol. The summed E-state index contributed by atoms with van der Waals surface area (Å²) in [5.74, 6) is 1.40. The van der Waals surface area contributed by atoms with E-state index in [1.165, 1.54) is 25.7 Å². The van der Waals surface area contributed by atoms with Gasteiger partial charge < -0.3 is 0 Å². The Balaban J connectivity index is 1.84. The highest BCUT2D eigenvalue weighted by molar-refractivity contribution is 5.81. The van der Waals surface area contributed by atoms with Crippen LogP contribution in [0.25, 0.3) is 0 Å². The summed E-state index contributed by atoms with van der Waals surface area (Å²) in [6, 6.07) is 1.15. The van der Waals surface area contributed by atoms with Crippen molar-refractivity contribution in [2.24, 2.45) is 5.92 Å². The highest BCUT2D eigenvalue weighted by Gasteiger charge is 2.51. The Morgan fingerprint density at radius 3 is 2.07 bits per heavy atom. The second-order valence-corrected chi connectivity index (χ2v) is 6.17. The molecule has 2 nitrogen and oxygen atoms in total.